The topological polar surface area (TPSA) is 122 Å². The van der Waals surface area contributed by atoms with Gasteiger partial charge in [-0.2, -0.15) is 13.1 Å². The quantitative estimate of drug-likeness (QED) is 0.700. The minimum atomic E-state index is -1.31. The van der Waals surface area contributed by atoms with Crippen molar-refractivity contribution < 1.29 is 40.9 Å². The van der Waals surface area contributed by atoms with Crippen LogP contribution in [0.4, 0.5) is 0 Å². The van der Waals surface area contributed by atoms with E-state index in [0.29, 0.717) is 13.1 Å². The third-order valence-electron chi connectivity index (χ3n) is 0.302. The molecule has 0 aliphatic heterocycles. The fraction of sp³-hybridized carbons (Fsp3) is 0.714. The molecule has 0 saturated heterocycles. The van der Waals surface area contributed by atoms with Crippen LogP contribution >= 0.6 is 0 Å². The van der Waals surface area contributed by atoms with Gasteiger partial charge in [-0.05, 0) is 0 Å². The minimum absolute atomic E-state index is 0. The molecule has 0 aromatic carbocycles. The molecule has 0 aliphatic rings. The number of aliphatic carboxylic acids is 2. The molecule has 0 rings (SSSR count). The van der Waals surface area contributed by atoms with Crippen LogP contribution in [0.2, 0.25) is 0 Å². The van der Waals surface area contributed by atoms with Crippen LogP contribution in [0, 0.1) is 0 Å². The standard InChI is InChI=1S/C3H4O4.2C2H6N.Pt/c4-2(5)1-3(6)7;2*1-2-3;/h1H2,(H,4,5)(H,6,7);2*3H,2H2,1H3;/q;2*-1;+2. The Kier molecular flexibility index (Phi) is 38.3. The average molecular weight is 387 g/mol. The van der Waals surface area contributed by atoms with Crippen molar-refractivity contribution in [2.75, 3.05) is 13.1 Å². The van der Waals surface area contributed by atoms with E-state index in [9.17, 15) is 9.59 Å². The second-order valence-corrected chi connectivity index (χ2v) is 1.67. The summed E-state index contributed by atoms with van der Waals surface area (Å²) in [6.45, 7) is 4.58. The van der Waals surface area contributed by atoms with Crippen molar-refractivity contribution in [3.8, 4) is 0 Å². The second kappa shape index (κ2) is 22.9. The van der Waals surface area contributed by atoms with Gasteiger partial charge < -0.3 is 21.7 Å². The molecule has 0 heterocycles. The predicted molar refractivity (Wildman–Crippen MR) is 49.6 cm³/mol. The normalized spacial score (nSPS) is 6.57. The molecule has 0 aromatic rings. The largest absolute Gasteiger partial charge is 2.00 e. The van der Waals surface area contributed by atoms with Gasteiger partial charge in [-0.25, -0.2) is 0 Å². The molecule has 0 aromatic heterocycles. The van der Waals surface area contributed by atoms with Gasteiger partial charge in [0, 0.05) is 0 Å². The van der Waals surface area contributed by atoms with Crippen LogP contribution in [-0.4, -0.2) is 35.2 Å². The zero-order valence-corrected chi connectivity index (χ0v) is 10.4. The molecular weight excluding hydrogens is 371 g/mol. The van der Waals surface area contributed by atoms with E-state index in [4.69, 9.17) is 21.7 Å². The van der Waals surface area contributed by atoms with Crippen molar-refractivity contribution in [1.82, 2.24) is 0 Å². The minimum Gasteiger partial charge on any atom is -0.678 e. The van der Waals surface area contributed by atoms with E-state index in [1.54, 1.807) is 13.8 Å². The first-order valence-corrected chi connectivity index (χ1v) is 3.68. The van der Waals surface area contributed by atoms with Gasteiger partial charge in [-0.15, -0.1) is 0 Å². The van der Waals surface area contributed by atoms with Crippen molar-refractivity contribution in [2.24, 2.45) is 0 Å². The van der Waals surface area contributed by atoms with Gasteiger partial charge >= 0.3 is 33.0 Å². The van der Waals surface area contributed by atoms with Crippen LogP contribution in [0.15, 0.2) is 0 Å². The van der Waals surface area contributed by atoms with Gasteiger partial charge in [0.15, 0.2) is 0 Å². The monoisotopic (exact) mass is 387 g/mol. The summed E-state index contributed by atoms with van der Waals surface area (Å²) in [5.41, 5.74) is 12.4. The van der Waals surface area contributed by atoms with Gasteiger partial charge in [0.25, 0.3) is 0 Å². The molecule has 0 fully saturated rings. The second-order valence-electron chi connectivity index (χ2n) is 1.67. The van der Waals surface area contributed by atoms with Crippen molar-refractivity contribution in [3.05, 3.63) is 11.5 Å². The molecule has 14 heavy (non-hydrogen) atoms. The summed E-state index contributed by atoms with van der Waals surface area (Å²) in [7, 11) is 0. The molecule has 6 nitrogen and oxygen atoms in total. The SMILES string of the molecule is CC[NH-].CC[NH-].O=C(O)CC(=O)O.[Pt+2]. The summed E-state index contributed by atoms with van der Waals surface area (Å²) in [5, 5.41) is 15.4. The molecule has 0 radical (unpaired) electrons. The first-order valence-electron chi connectivity index (χ1n) is 3.68. The Labute approximate surface area is 97.9 Å². The molecule has 0 atom stereocenters. The first kappa shape index (κ1) is 23.4. The molecule has 7 heteroatoms. The van der Waals surface area contributed by atoms with Crippen LogP contribution in [0.3, 0.4) is 0 Å². The smallest absolute Gasteiger partial charge is 0.678 e. The van der Waals surface area contributed by atoms with E-state index in [1.165, 1.54) is 0 Å². The number of carboxylic acid groups (broad SMARTS) is 2. The summed E-state index contributed by atoms with van der Waals surface area (Å²) in [4.78, 5) is 18.9. The molecule has 0 spiro atoms. The van der Waals surface area contributed by atoms with Gasteiger partial charge in [-0.3, -0.25) is 9.59 Å². The van der Waals surface area contributed by atoms with Crippen LogP contribution in [0.25, 0.3) is 11.5 Å². The van der Waals surface area contributed by atoms with Gasteiger partial charge in [-0.1, -0.05) is 13.8 Å². The number of rotatable bonds is 2. The fourth-order valence-corrected chi connectivity index (χ4v) is 0.129. The number of hydrogen-bond acceptors (Lipinski definition) is 2. The number of carboxylic acids is 2. The third-order valence-corrected chi connectivity index (χ3v) is 0.302. The molecule has 0 bridgehead atoms. The Morgan fingerprint density at radius 3 is 1.14 bits per heavy atom. The summed E-state index contributed by atoms with van der Waals surface area (Å²) >= 11 is 0. The first-order chi connectivity index (χ1) is 5.95. The van der Waals surface area contributed by atoms with E-state index in [1.807, 2.05) is 0 Å². The number of carbonyl (C=O) groups is 2. The van der Waals surface area contributed by atoms with Gasteiger partial charge in [0.05, 0.1) is 0 Å². The Bertz CT molecular complexity index is 119. The number of hydrogen-bond donors (Lipinski definition) is 2. The molecule has 0 aliphatic carbocycles. The molecule has 0 amide bonds. The van der Waals surface area contributed by atoms with Crippen molar-refractivity contribution in [3.63, 3.8) is 0 Å². The van der Waals surface area contributed by atoms with Crippen LogP contribution in [0.1, 0.15) is 20.3 Å². The Balaban J connectivity index is -0.0000000610. The van der Waals surface area contributed by atoms with Crippen LogP contribution < -0.4 is 0 Å². The zero-order chi connectivity index (χ0) is 11.3. The molecular formula is C7H16N2O4Pt. The maximum absolute atomic E-state index is 9.43. The molecule has 0 saturated carbocycles. The van der Waals surface area contributed by atoms with Crippen molar-refractivity contribution in [2.45, 2.75) is 20.3 Å². The van der Waals surface area contributed by atoms with E-state index >= 15 is 0 Å². The predicted octanol–water partition coefficient (Wildman–Crippen LogP) is 1.66. The van der Waals surface area contributed by atoms with Gasteiger partial charge in [0.1, 0.15) is 6.42 Å². The zero-order valence-electron chi connectivity index (χ0n) is 8.15. The summed E-state index contributed by atoms with van der Waals surface area (Å²) in [5.74, 6) is -2.62. The van der Waals surface area contributed by atoms with E-state index in [2.05, 4.69) is 0 Å². The number of nitrogens with one attached hydrogen (secondary N) is 2. The van der Waals surface area contributed by atoms with Crippen LogP contribution in [-0.2, 0) is 30.7 Å². The maximum Gasteiger partial charge on any atom is 2.00 e. The molecule has 4 N–H and O–H groups in total. The summed E-state index contributed by atoms with van der Waals surface area (Å²) in [6.07, 6.45) is -0.806. The van der Waals surface area contributed by atoms with E-state index in [0.717, 1.165) is 0 Å². The maximum atomic E-state index is 9.43. The average Bonchev–Trinajstić information content (AvgIpc) is 1.86. The molecule has 88 valence electrons. The Morgan fingerprint density at radius 2 is 1.14 bits per heavy atom. The fourth-order valence-electron chi connectivity index (χ4n) is 0.129. The van der Waals surface area contributed by atoms with E-state index in [-0.39, 0.29) is 21.1 Å². The van der Waals surface area contributed by atoms with Crippen molar-refractivity contribution >= 4 is 11.9 Å². The van der Waals surface area contributed by atoms with Gasteiger partial charge in [0.2, 0.25) is 0 Å². The molecule has 0 unspecified atom stereocenters. The summed E-state index contributed by atoms with van der Waals surface area (Å²) < 4.78 is 0. The van der Waals surface area contributed by atoms with Crippen LogP contribution in [0.5, 0.6) is 0 Å². The summed E-state index contributed by atoms with van der Waals surface area (Å²) in [6, 6.07) is 0. The van der Waals surface area contributed by atoms with Crippen molar-refractivity contribution in [1.29, 1.82) is 0 Å². The Morgan fingerprint density at radius 1 is 1.00 bits per heavy atom. The van der Waals surface area contributed by atoms with E-state index < -0.39 is 18.4 Å². The Hall–Kier alpha value is -0.452. The third kappa shape index (κ3) is 102.